The van der Waals surface area contributed by atoms with E-state index in [4.69, 9.17) is 4.74 Å². The Morgan fingerprint density at radius 1 is 1.14 bits per heavy atom. The van der Waals surface area contributed by atoms with Crippen molar-refractivity contribution >= 4 is 11.3 Å². The third kappa shape index (κ3) is 1.02. The van der Waals surface area contributed by atoms with Crippen molar-refractivity contribution in [1.29, 1.82) is 0 Å². The van der Waals surface area contributed by atoms with Gasteiger partial charge in [0.25, 0.3) is 0 Å². The smallest absolute Gasteiger partial charge is 0.104 e. The summed E-state index contributed by atoms with van der Waals surface area (Å²) in [7, 11) is 0. The molecule has 1 aromatic rings. The Morgan fingerprint density at radius 2 is 2.07 bits per heavy atom. The summed E-state index contributed by atoms with van der Waals surface area (Å²) in [6.45, 7) is 3.10. The summed E-state index contributed by atoms with van der Waals surface area (Å²) in [5.41, 5.74) is 2.99. The Balaban J connectivity index is 2.52. The van der Waals surface area contributed by atoms with Gasteiger partial charge in [-0.3, -0.25) is 0 Å². The average molecular weight is 186 g/mol. The van der Waals surface area contributed by atoms with Crippen LogP contribution in [-0.4, -0.2) is 6.61 Å². The molecule has 1 nitrogen and oxygen atoms in total. The van der Waals surface area contributed by atoms with Gasteiger partial charge in [-0.25, -0.2) is 0 Å². The molecule has 0 N–H and O–H groups in total. The summed E-state index contributed by atoms with van der Waals surface area (Å²) >= 11 is 0. The maximum Gasteiger partial charge on any atom is 0.104 e. The van der Waals surface area contributed by atoms with E-state index >= 15 is 0 Å². The predicted octanol–water partition coefficient (Wildman–Crippen LogP) is 1.33. The second-order valence-electron chi connectivity index (χ2n) is 4.14. The molecule has 0 spiro atoms. The molecule has 0 saturated heterocycles. The minimum Gasteiger partial charge on any atom is -0.497 e. The fraction of sp³-hybridized carbons (Fsp3) is 0.385. The molecule has 1 aromatic carbocycles. The van der Waals surface area contributed by atoms with Crippen molar-refractivity contribution in [2.24, 2.45) is 0 Å². The molecule has 2 aliphatic rings. The molecule has 72 valence electrons. The number of benzene rings is 1. The monoisotopic (exact) mass is 186 g/mol. The molecule has 1 aliphatic heterocycles. The van der Waals surface area contributed by atoms with E-state index in [0.717, 1.165) is 25.9 Å². The number of hydrogen-bond acceptors (Lipinski definition) is 1. The molecular formula is C13H14O. The molecule has 1 aliphatic carbocycles. The number of rotatable bonds is 0. The topological polar surface area (TPSA) is 9.23 Å². The van der Waals surface area contributed by atoms with E-state index < -0.39 is 0 Å². The molecule has 3 rings (SSSR count). The highest BCUT2D eigenvalue weighted by Gasteiger charge is 2.15. The van der Waals surface area contributed by atoms with Gasteiger partial charge in [0.15, 0.2) is 0 Å². The Labute approximate surface area is 83.7 Å². The normalized spacial score (nSPS) is 18.9. The highest BCUT2D eigenvalue weighted by Crippen LogP contribution is 2.18. The Morgan fingerprint density at radius 3 is 3.00 bits per heavy atom. The fourth-order valence-corrected chi connectivity index (χ4v) is 2.48. The van der Waals surface area contributed by atoms with Crippen LogP contribution in [0.4, 0.5) is 0 Å². The Bertz CT molecular complexity index is 496. The third-order valence-corrected chi connectivity index (χ3v) is 3.26. The standard InChI is InChI=1S/C13H14O/c1-9-5-6-12-13-10(7-8-14-12)3-2-4-11(9)13/h2-4H,5-8H2,1H3. The molecule has 0 radical (unpaired) electrons. The molecule has 0 fully saturated rings. The van der Waals surface area contributed by atoms with E-state index in [-0.39, 0.29) is 0 Å². The second-order valence-corrected chi connectivity index (χ2v) is 4.14. The first-order chi connectivity index (χ1) is 6.86. The van der Waals surface area contributed by atoms with Crippen molar-refractivity contribution in [3.63, 3.8) is 0 Å². The predicted molar refractivity (Wildman–Crippen MR) is 57.1 cm³/mol. The first-order valence-corrected chi connectivity index (χ1v) is 5.30. The summed E-state index contributed by atoms with van der Waals surface area (Å²) < 4.78 is 5.74. The largest absolute Gasteiger partial charge is 0.497 e. The lowest BCUT2D eigenvalue weighted by molar-refractivity contribution is 0.255. The van der Waals surface area contributed by atoms with Crippen LogP contribution in [0.1, 0.15) is 25.3 Å². The molecular weight excluding hydrogens is 172 g/mol. The highest BCUT2D eigenvalue weighted by molar-refractivity contribution is 5.55. The van der Waals surface area contributed by atoms with E-state index in [0.29, 0.717) is 0 Å². The van der Waals surface area contributed by atoms with Crippen molar-refractivity contribution in [2.75, 3.05) is 6.61 Å². The molecule has 14 heavy (non-hydrogen) atoms. The SMILES string of the molecule is CC1=c2cccc3c2=C(CC1)OCC3. The highest BCUT2D eigenvalue weighted by atomic mass is 16.5. The maximum atomic E-state index is 5.74. The summed E-state index contributed by atoms with van der Waals surface area (Å²) in [6.07, 6.45) is 3.32. The molecule has 0 bridgehead atoms. The van der Waals surface area contributed by atoms with E-state index in [1.54, 1.807) is 0 Å². The molecule has 0 atom stereocenters. The second kappa shape index (κ2) is 2.88. The third-order valence-electron chi connectivity index (χ3n) is 3.26. The van der Waals surface area contributed by atoms with Gasteiger partial charge < -0.3 is 4.74 Å². The van der Waals surface area contributed by atoms with Crippen molar-refractivity contribution in [3.05, 3.63) is 34.2 Å². The summed E-state index contributed by atoms with van der Waals surface area (Å²) in [5, 5.41) is 2.82. The van der Waals surface area contributed by atoms with Gasteiger partial charge >= 0.3 is 0 Å². The van der Waals surface area contributed by atoms with E-state index in [1.807, 2.05) is 0 Å². The molecule has 0 aromatic heterocycles. The lowest BCUT2D eigenvalue weighted by Gasteiger charge is -2.21. The van der Waals surface area contributed by atoms with E-state index in [1.165, 1.54) is 27.3 Å². The van der Waals surface area contributed by atoms with Crippen molar-refractivity contribution in [3.8, 4) is 0 Å². The van der Waals surface area contributed by atoms with Crippen LogP contribution in [0.2, 0.25) is 0 Å². The first-order valence-electron chi connectivity index (χ1n) is 5.30. The quantitative estimate of drug-likeness (QED) is 0.594. The van der Waals surface area contributed by atoms with Crippen LogP contribution in [0.5, 0.6) is 0 Å². The van der Waals surface area contributed by atoms with Crippen LogP contribution in [-0.2, 0) is 11.2 Å². The average Bonchev–Trinajstić information content (AvgIpc) is 2.24. The molecule has 0 amide bonds. The van der Waals surface area contributed by atoms with Gasteiger partial charge in [-0.1, -0.05) is 23.8 Å². The summed E-state index contributed by atoms with van der Waals surface area (Å²) in [4.78, 5) is 0. The minimum atomic E-state index is 0.866. The first kappa shape index (κ1) is 8.10. The van der Waals surface area contributed by atoms with Gasteiger partial charge in [-0.15, -0.1) is 0 Å². The number of ether oxygens (including phenoxy) is 1. The molecule has 0 saturated carbocycles. The lowest BCUT2D eigenvalue weighted by Crippen LogP contribution is -2.38. The fourth-order valence-electron chi connectivity index (χ4n) is 2.48. The zero-order chi connectivity index (χ0) is 9.54. The summed E-state index contributed by atoms with van der Waals surface area (Å²) in [6, 6.07) is 6.63. The van der Waals surface area contributed by atoms with Gasteiger partial charge in [0, 0.05) is 18.1 Å². The number of hydrogen-bond donors (Lipinski definition) is 0. The van der Waals surface area contributed by atoms with Crippen LogP contribution in [0.15, 0.2) is 18.2 Å². The van der Waals surface area contributed by atoms with Crippen LogP contribution >= 0.6 is 0 Å². The molecule has 0 unspecified atom stereocenters. The van der Waals surface area contributed by atoms with Gasteiger partial charge in [-0.2, -0.15) is 0 Å². The van der Waals surface area contributed by atoms with Gasteiger partial charge in [0.2, 0.25) is 0 Å². The summed E-state index contributed by atoms with van der Waals surface area (Å²) in [5.74, 6) is 1.23. The maximum absolute atomic E-state index is 5.74. The van der Waals surface area contributed by atoms with Crippen LogP contribution in [0.3, 0.4) is 0 Å². The van der Waals surface area contributed by atoms with Crippen molar-refractivity contribution < 1.29 is 4.74 Å². The van der Waals surface area contributed by atoms with Crippen LogP contribution < -0.4 is 10.4 Å². The van der Waals surface area contributed by atoms with Crippen molar-refractivity contribution in [1.82, 2.24) is 0 Å². The van der Waals surface area contributed by atoms with Gasteiger partial charge in [0.05, 0.1) is 6.61 Å². The van der Waals surface area contributed by atoms with Crippen LogP contribution in [0.25, 0.3) is 11.3 Å². The molecule has 1 heteroatoms. The van der Waals surface area contributed by atoms with Gasteiger partial charge in [0.1, 0.15) is 5.76 Å². The lowest BCUT2D eigenvalue weighted by atomic mass is 9.94. The minimum absolute atomic E-state index is 0.866. The zero-order valence-corrected chi connectivity index (χ0v) is 8.47. The Hall–Kier alpha value is -1.24. The van der Waals surface area contributed by atoms with Crippen molar-refractivity contribution in [2.45, 2.75) is 26.2 Å². The molecule has 1 heterocycles. The Kier molecular flexibility index (Phi) is 1.66. The zero-order valence-electron chi connectivity index (χ0n) is 8.47. The van der Waals surface area contributed by atoms with E-state index in [2.05, 4.69) is 25.1 Å². The van der Waals surface area contributed by atoms with Gasteiger partial charge in [-0.05, 0) is 24.1 Å². The van der Waals surface area contributed by atoms with Crippen LogP contribution in [0, 0.1) is 0 Å². The van der Waals surface area contributed by atoms with E-state index in [9.17, 15) is 0 Å².